The summed E-state index contributed by atoms with van der Waals surface area (Å²) in [6.45, 7) is 3.73. The maximum absolute atomic E-state index is 12.4. The number of nitrogens with zero attached hydrogens (tertiary/aromatic N) is 2. The highest BCUT2D eigenvalue weighted by Gasteiger charge is 2.27. The molecule has 2 aromatic rings. The van der Waals surface area contributed by atoms with Crippen LogP contribution in [-0.4, -0.2) is 47.3 Å². The molecule has 0 bridgehead atoms. The summed E-state index contributed by atoms with van der Waals surface area (Å²) in [6.07, 6.45) is 6.00. The third-order valence-electron chi connectivity index (χ3n) is 3.65. The van der Waals surface area contributed by atoms with Crippen molar-refractivity contribution in [3.8, 4) is 0 Å². The molecule has 6 heteroatoms. The molecule has 2 atom stereocenters. The zero-order chi connectivity index (χ0) is 14.7. The van der Waals surface area contributed by atoms with Crippen molar-refractivity contribution < 1.29 is 14.3 Å². The van der Waals surface area contributed by atoms with Crippen LogP contribution in [-0.2, 0) is 9.47 Å². The highest BCUT2D eigenvalue weighted by Crippen LogP contribution is 2.13. The van der Waals surface area contributed by atoms with Crippen molar-refractivity contribution in [1.29, 1.82) is 0 Å². The normalized spacial score (nSPS) is 22.3. The van der Waals surface area contributed by atoms with Crippen LogP contribution < -0.4 is 5.32 Å². The van der Waals surface area contributed by atoms with Crippen molar-refractivity contribution in [2.75, 3.05) is 19.8 Å². The SMILES string of the molecule is CCO[C@@H]1COCC[C@H]1NC(=O)c1ccc2nccn2c1. The van der Waals surface area contributed by atoms with Crippen LogP contribution in [0.2, 0.25) is 0 Å². The van der Waals surface area contributed by atoms with E-state index in [4.69, 9.17) is 9.47 Å². The number of hydrogen-bond acceptors (Lipinski definition) is 4. The lowest BCUT2D eigenvalue weighted by atomic mass is 10.1. The molecule has 2 aromatic heterocycles. The van der Waals surface area contributed by atoms with Crippen molar-refractivity contribution in [1.82, 2.24) is 14.7 Å². The minimum atomic E-state index is -0.0952. The van der Waals surface area contributed by atoms with Gasteiger partial charge in [-0.3, -0.25) is 4.79 Å². The standard InChI is InChI=1S/C15H19N3O3/c1-2-21-13-10-20-8-5-12(13)17-15(19)11-3-4-14-16-6-7-18(14)9-11/h3-4,6-7,9,12-13H,2,5,8,10H2,1H3,(H,17,19)/t12-,13-/m1/s1. The zero-order valence-corrected chi connectivity index (χ0v) is 12.0. The number of amides is 1. The number of rotatable bonds is 4. The van der Waals surface area contributed by atoms with Crippen LogP contribution in [0.1, 0.15) is 23.7 Å². The molecule has 0 aromatic carbocycles. The van der Waals surface area contributed by atoms with Crippen LogP contribution in [0, 0.1) is 0 Å². The van der Waals surface area contributed by atoms with Gasteiger partial charge in [-0.2, -0.15) is 0 Å². The van der Waals surface area contributed by atoms with E-state index in [1.807, 2.05) is 23.6 Å². The Hall–Kier alpha value is -1.92. The van der Waals surface area contributed by atoms with Gasteiger partial charge in [0.05, 0.1) is 18.2 Å². The van der Waals surface area contributed by atoms with E-state index in [0.717, 1.165) is 12.1 Å². The first-order valence-electron chi connectivity index (χ1n) is 7.21. The largest absolute Gasteiger partial charge is 0.379 e. The average molecular weight is 289 g/mol. The van der Waals surface area contributed by atoms with Gasteiger partial charge in [0, 0.05) is 31.8 Å². The molecule has 1 aliphatic heterocycles. The number of hydrogen-bond donors (Lipinski definition) is 1. The molecule has 3 heterocycles. The van der Waals surface area contributed by atoms with E-state index in [9.17, 15) is 4.79 Å². The maximum atomic E-state index is 12.4. The third kappa shape index (κ3) is 3.06. The lowest BCUT2D eigenvalue weighted by Crippen LogP contribution is -2.50. The van der Waals surface area contributed by atoms with Gasteiger partial charge in [-0.1, -0.05) is 0 Å². The first-order chi connectivity index (χ1) is 10.3. The summed E-state index contributed by atoms with van der Waals surface area (Å²) in [5.41, 5.74) is 1.44. The second kappa shape index (κ2) is 6.24. The van der Waals surface area contributed by atoms with E-state index >= 15 is 0 Å². The number of carbonyl (C=O) groups is 1. The monoisotopic (exact) mass is 289 g/mol. The van der Waals surface area contributed by atoms with Gasteiger partial charge < -0.3 is 19.2 Å². The third-order valence-corrected chi connectivity index (χ3v) is 3.65. The minimum absolute atomic E-state index is 0.00955. The van der Waals surface area contributed by atoms with Crippen LogP contribution in [0.25, 0.3) is 5.65 Å². The van der Waals surface area contributed by atoms with Crippen molar-refractivity contribution in [2.45, 2.75) is 25.5 Å². The lowest BCUT2D eigenvalue weighted by Gasteiger charge is -2.31. The van der Waals surface area contributed by atoms with Gasteiger partial charge in [-0.25, -0.2) is 4.98 Å². The minimum Gasteiger partial charge on any atom is -0.379 e. The lowest BCUT2D eigenvalue weighted by molar-refractivity contribution is -0.0632. The number of imidazole rings is 1. The molecule has 6 nitrogen and oxygen atoms in total. The van der Waals surface area contributed by atoms with Crippen molar-refractivity contribution in [2.24, 2.45) is 0 Å². The number of carbonyl (C=O) groups excluding carboxylic acids is 1. The Labute approximate surface area is 123 Å². The quantitative estimate of drug-likeness (QED) is 0.920. The molecule has 21 heavy (non-hydrogen) atoms. The Bertz CT molecular complexity index is 623. The van der Waals surface area contributed by atoms with E-state index in [1.54, 1.807) is 18.5 Å². The first kappa shape index (κ1) is 14.0. The number of fused-ring (bicyclic) bond motifs is 1. The highest BCUT2D eigenvalue weighted by atomic mass is 16.5. The smallest absolute Gasteiger partial charge is 0.253 e. The molecule has 0 unspecified atom stereocenters. The van der Waals surface area contributed by atoms with E-state index in [1.165, 1.54) is 0 Å². The van der Waals surface area contributed by atoms with Gasteiger partial charge in [0.25, 0.3) is 5.91 Å². The summed E-state index contributed by atoms with van der Waals surface area (Å²) < 4.78 is 12.9. The molecule has 1 N–H and O–H groups in total. The second-order valence-corrected chi connectivity index (χ2v) is 5.05. The summed E-state index contributed by atoms with van der Waals surface area (Å²) in [5.74, 6) is -0.0952. The summed E-state index contributed by atoms with van der Waals surface area (Å²) in [5, 5.41) is 3.05. The van der Waals surface area contributed by atoms with Gasteiger partial charge in [0.1, 0.15) is 11.8 Å². The predicted octanol–water partition coefficient (Wildman–Crippen LogP) is 1.26. The molecule has 0 radical (unpaired) electrons. The number of pyridine rings is 1. The Kier molecular flexibility index (Phi) is 4.17. The zero-order valence-electron chi connectivity index (χ0n) is 12.0. The summed E-state index contributed by atoms with van der Waals surface area (Å²) >= 11 is 0. The molecule has 0 aliphatic carbocycles. The predicted molar refractivity (Wildman–Crippen MR) is 77.3 cm³/mol. The Balaban J connectivity index is 1.72. The van der Waals surface area contributed by atoms with Crippen molar-refractivity contribution >= 4 is 11.6 Å². The summed E-state index contributed by atoms with van der Waals surface area (Å²) in [7, 11) is 0. The Morgan fingerprint density at radius 2 is 2.48 bits per heavy atom. The van der Waals surface area contributed by atoms with Crippen molar-refractivity contribution in [3.05, 3.63) is 36.3 Å². The highest BCUT2D eigenvalue weighted by molar-refractivity contribution is 5.94. The van der Waals surface area contributed by atoms with E-state index in [-0.39, 0.29) is 18.1 Å². The Morgan fingerprint density at radius 1 is 1.57 bits per heavy atom. The van der Waals surface area contributed by atoms with Crippen LogP contribution in [0.4, 0.5) is 0 Å². The summed E-state index contributed by atoms with van der Waals surface area (Å²) in [4.78, 5) is 16.6. The van der Waals surface area contributed by atoms with E-state index < -0.39 is 0 Å². The van der Waals surface area contributed by atoms with Crippen molar-refractivity contribution in [3.63, 3.8) is 0 Å². The maximum Gasteiger partial charge on any atom is 0.253 e. The van der Waals surface area contributed by atoms with Gasteiger partial charge >= 0.3 is 0 Å². The summed E-state index contributed by atoms with van der Waals surface area (Å²) in [6, 6.07) is 3.61. The van der Waals surface area contributed by atoms with E-state index in [0.29, 0.717) is 25.4 Å². The van der Waals surface area contributed by atoms with E-state index in [2.05, 4.69) is 10.3 Å². The Morgan fingerprint density at radius 3 is 3.33 bits per heavy atom. The molecular formula is C15H19N3O3. The molecule has 1 saturated heterocycles. The van der Waals surface area contributed by atoms with Crippen LogP contribution in [0.15, 0.2) is 30.7 Å². The fraction of sp³-hybridized carbons (Fsp3) is 0.467. The molecule has 112 valence electrons. The number of nitrogens with one attached hydrogen (secondary N) is 1. The molecule has 0 spiro atoms. The number of aromatic nitrogens is 2. The fourth-order valence-electron chi connectivity index (χ4n) is 2.56. The van der Waals surface area contributed by atoms with Gasteiger partial charge in [0.15, 0.2) is 0 Å². The fourth-order valence-corrected chi connectivity index (χ4v) is 2.56. The van der Waals surface area contributed by atoms with Crippen LogP contribution in [0.5, 0.6) is 0 Å². The molecule has 3 rings (SSSR count). The first-order valence-corrected chi connectivity index (χ1v) is 7.21. The topological polar surface area (TPSA) is 64.9 Å². The van der Waals surface area contributed by atoms with Gasteiger partial charge in [-0.05, 0) is 25.5 Å². The van der Waals surface area contributed by atoms with Crippen LogP contribution >= 0.6 is 0 Å². The van der Waals surface area contributed by atoms with Gasteiger partial charge in [-0.15, -0.1) is 0 Å². The molecule has 0 saturated carbocycles. The van der Waals surface area contributed by atoms with Crippen LogP contribution in [0.3, 0.4) is 0 Å². The molecular weight excluding hydrogens is 270 g/mol. The molecule has 1 fully saturated rings. The van der Waals surface area contributed by atoms with Gasteiger partial charge in [0.2, 0.25) is 0 Å². The molecule has 1 amide bonds. The molecule has 1 aliphatic rings. The number of ether oxygens (including phenoxy) is 2. The second-order valence-electron chi connectivity index (χ2n) is 5.05. The average Bonchev–Trinajstić information content (AvgIpc) is 2.97.